The molecule has 0 spiro atoms. The van der Waals surface area contributed by atoms with Crippen LogP contribution in [0.5, 0.6) is 0 Å². The Balaban J connectivity index is 1.86. The SMILES string of the molecule is Cc1c(Cc2ccccc2)c(N2CCCCC2)[n+]2c([nH]c3ccccc32)c1C#N. The molecular weight excluding hydrogens is 356 g/mol. The van der Waals surface area contributed by atoms with Crippen LogP contribution in [0.25, 0.3) is 16.7 Å². The van der Waals surface area contributed by atoms with Gasteiger partial charge in [-0.15, -0.1) is 0 Å². The van der Waals surface area contributed by atoms with Crippen LogP contribution in [-0.4, -0.2) is 18.1 Å². The molecule has 0 aliphatic carbocycles. The number of anilines is 1. The Morgan fingerprint density at radius 1 is 1.00 bits per heavy atom. The Kier molecular flexibility index (Phi) is 4.44. The third-order valence-electron chi connectivity index (χ3n) is 6.16. The van der Waals surface area contributed by atoms with Crippen molar-refractivity contribution in [2.45, 2.75) is 32.6 Å². The van der Waals surface area contributed by atoms with Gasteiger partial charge >= 0.3 is 0 Å². The molecule has 1 N–H and O–H groups in total. The molecule has 4 heteroatoms. The Morgan fingerprint density at radius 3 is 2.48 bits per heavy atom. The fourth-order valence-electron chi connectivity index (χ4n) is 4.69. The van der Waals surface area contributed by atoms with Crippen molar-refractivity contribution in [2.24, 2.45) is 0 Å². The predicted molar refractivity (Wildman–Crippen MR) is 116 cm³/mol. The molecule has 0 saturated carbocycles. The maximum atomic E-state index is 10.0. The van der Waals surface area contributed by atoms with Gasteiger partial charge < -0.3 is 0 Å². The van der Waals surface area contributed by atoms with E-state index in [9.17, 15) is 5.26 Å². The molecule has 0 atom stereocenters. The van der Waals surface area contributed by atoms with E-state index in [1.165, 1.54) is 36.2 Å². The van der Waals surface area contributed by atoms with Crippen molar-refractivity contribution in [3.8, 4) is 6.07 Å². The standard InChI is InChI=1S/C25H24N4/c1-18-20(16-19-10-4-2-5-11-19)25(28-14-8-3-9-15-28)29-23-13-7-6-12-22(23)27-24(29)21(18)17-26/h2,4-7,10-13H,3,8-9,14-16H2,1H3/p+1. The molecule has 0 radical (unpaired) electrons. The van der Waals surface area contributed by atoms with Crippen molar-refractivity contribution >= 4 is 22.5 Å². The van der Waals surface area contributed by atoms with Crippen LogP contribution in [0.15, 0.2) is 54.6 Å². The van der Waals surface area contributed by atoms with E-state index in [1.807, 2.05) is 6.07 Å². The van der Waals surface area contributed by atoms with Crippen molar-refractivity contribution in [2.75, 3.05) is 18.0 Å². The quantitative estimate of drug-likeness (QED) is 0.524. The minimum atomic E-state index is 0.743. The number of para-hydroxylation sites is 2. The lowest BCUT2D eigenvalue weighted by atomic mass is 9.96. The van der Waals surface area contributed by atoms with Crippen LogP contribution < -0.4 is 9.30 Å². The van der Waals surface area contributed by atoms with Crippen LogP contribution in [-0.2, 0) is 6.42 Å². The van der Waals surface area contributed by atoms with Crippen molar-refractivity contribution < 1.29 is 4.40 Å². The largest absolute Gasteiger partial charge is 0.292 e. The van der Waals surface area contributed by atoms with Crippen molar-refractivity contribution in [3.05, 3.63) is 76.9 Å². The predicted octanol–water partition coefficient (Wildman–Crippen LogP) is 4.67. The smallest absolute Gasteiger partial charge is 0.250 e. The Hall–Kier alpha value is -3.32. The molecule has 2 aromatic carbocycles. The summed E-state index contributed by atoms with van der Waals surface area (Å²) in [6.07, 6.45) is 4.56. The second-order valence-electron chi connectivity index (χ2n) is 7.95. The van der Waals surface area contributed by atoms with Crippen LogP contribution in [0, 0.1) is 18.3 Å². The number of aromatic amines is 1. The number of H-pyrrole nitrogens is 1. The van der Waals surface area contributed by atoms with Gasteiger partial charge in [-0.2, -0.15) is 9.66 Å². The summed E-state index contributed by atoms with van der Waals surface area (Å²) in [5.74, 6) is 1.25. The summed E-state index contributed by atoms with van der Waals surface area (Å²) in [7, 11) is 0. The number of rotatable bonds is 3. The molecule has 0 amide bonds. The van der Waals surface area contributed by atoms with Gasteiger partial charge in [-0.05, 0) is 49.4 Å². The lowest BCUT2D eigenvalue weighted by molar-refractivity contribution is -0.468. The summed E-state index contributed by atoms with van der Waals surface area (Å²) in [6, 6.07) is 21.4. The van der Waals surface area contributed by atoms with Gasteiger partial charge in [-0.3, -0.25) is 9.88 Å². The molecule has 29 heavy (non-hydrogen) atoms. The van der Waals surface area contributed by atoms with E-state index in [0.717, 1.165) is 47.3 Å². The Labute approximate surface area is 171 Å². The minimum absolute atomic E-state index is 0.743. The zero-order valence-electron chi connectivity index (χ0n) is 16.8. The molecule has 4 aromatic rings. The van der Waals surface area contributed by atoms with Crippen molar-refractivity contribution in [1.82, 2.24) is 4.98 Å². The van der Waals surface area contributed by atoms with Crippen LogP contribution in [0.1, 0.15) is 41.5 Å². The highest BCUT2D eigenvalue weighted by atomic mass is 15.2. The normalized spacial score (nSPS) is 14.4. The molecule has 144 valence electrons. The number of nitrogens with one attached hydrogen (secondary N) is 1. The van der Waals surface area contributed by atoms with E-state index in [2.05, 4.69) is 75.8 Å². The van der Waals surface area contributed by atoms with Gasteiger partial charge in [0.2, 0.25) is 11.5 Å². The molecule has 1 saturated heterocycles. The fraction of sp³-hybridized carbons (Fsp3) is 0.280. The van der Waals surface area contributed by atoms with Gasteiger partial charge in [0.15, 0.2) is 0 Å². The number of piperidine rings is 1. The lowest BCUT2D eigenvalue weighted by Gasteiger charge is -2.27. The average molecular weight is 382 g/mol. The van der Waals surface area contributed by atoms with Crippen LogP contribution in [0.3, 0.4) is 0 Å². The van der Waals surface area contributed by atoms with Gasteiger partial charge in [0.05, 0.1) is 13.1 Å². The van der Waals surface area contributed by atoms with Crippen LogP contribution in [0.2, 0.25) is 0 Å². The fourth-order valence-corrected chi connectivity index (χ4v) is 4.69. The maximum absolute atomic E-state index is 10.0. The highest BCUT2D eigenvalue weighted by Gasteiger charge is 2.30. The zero-order valence-corrected chi connectivity index (χ0v) is 16.8. The molecule has 0 bridgehead atoms. The molecule has 1 fully saturated rings. The Bertz CT molecular complexity index is 1220. The molecule has 3 heterocycles. The molecule has 2 aromatic heterocycles. The third-order valence-corrected chi connectivity index (χ3v) is 6.16. The van der Waals surface area contributed by atoms with Crippen LogP contribution >= 0.6 is 0 Å². The zero-order chi connectivity index (χ0) is 19.8. The number of hydrogen-bond donors (Lipinski definition) is 1. The first kappa shape index (κ1) is 17.8. The van der Waals surface area contributed by atoms with E-state index in [-0.39, 0.29) is 0 Å². The number of nitrogens with zero attached hydrogens (tertiary/aromatic N) is 3. The second kappa shape index (κ2) is 7.25. The first-order valence-electron chi connectivity index (χ1n) is 10.4. The molecule has 5 rings (SSSR count). The minimum Gasteiger partial charge on any atom is -0.292 e. The molecular formula is C25H25N4+. The Morgan fingerprint density at radius 2 is 1.72 bits per heavy atom. The van der Waals surface area contributed by atoms with E-state index < -0.39 is 0 Å². The highest BCUT2D eigenvalue weighted by molar-refractivity contribution is 5.78. The van der Waals surface area contributed by atoms with Crippen LogP contribution in [0.4, 0.5) is 5.82 Å². The average Bonchev–Trinajstić information content (AvgIpc) is 3.15. The first-order chi connectivity index (χ1) is 14.3. The van der Waals surface area contributed by atoms with Gasteiger partial charge in [-0.1, -0.05) is 42.5 Å². The molecule has 1 aliphatic rings. The number of hydrogen-bond acceptors (Lipinski definition) is 2. The molecule has 4 nitrogen and oxygen atoms in total. The van der Waals surface area contributed by atoms with E-state index >= 15 is 0 Å². The van der Waals surface area contributed by atoms with Gasteiger partial charge in [0.25, 0.3) is 0 Å². The molecule has 0 unspecified atom stereocenters. The van der Waals surface area contributed by atoms with Crippen molar-refractivity contribution in [1.29, 1.82) is 5.26 Å². The summed E-state index contributed by atoms with van der Waals surface area (Å²) in [6.45, 7) is 4.24. The van der Waals surface area contributed by atoms with E-state index in [1.54, 1.807) is 0 Å². The van der Waals surface area contributed by atoms with Gasteiger partial charge in [0.1, 0.15) is 22.7 Å². The number of nitriles is 1. The highest BCUT2D eigenvalue weighted by Crippen LogP contribution is 2.31. The summed E-state index contributed by atoms with van der Waals surface area (Å²) in [4.78, 5) is 6.05. The monoisotopic (exact) mass is 381 g/mol. The summed E-state index contributed by atoms with van der Waals surface area (Å²) in [5.41, 5.74) is 7.47. The number of imidazole rings is 1. The maximum Gasteiger partial charge on any atom is 0.250 e. The van der Waals surface area contributed by atoms with Crippen molar-refractivity contribution in [3.63, 3.8) is 0 Å². The lowest BCUT2D eigenvalue weighted by Crippen LogP contribution is -2.40. The number of benzene rings is 2. The van der Waals surface area contributed by atoms with E-state index in [4.69, 9.17) is 0 Å². The number of pyridine rings is 1. The van der Waals surface area contributed by atoms with Gasteiger partial charge in [-0.25, -0.2) is 0 Å². The molecule has 1 aliphatic heterocycles. The van der Waals surface area contributed by atoms with Gasteiger partial charge in [0, 0.05) is 12.0 Å². The van der Waals surface area contributed by atoms with E-state index in [0.29, 0.717) is 0 Å². The summed E-state index contributed by atoms with van der Waals surface area (Å²) >= 11 is 0. The number of fused-ring (bicyclic) bond motifs is 3. The summed E-state index contributed by atoms with van der Waals surface area (Å²) < 4.78 is 2.30. The number of aromatic nitrogens is 2. The summed E-state index contributed by atoms with van der Waals surface area (Å²) in [5, 5.41) is 10.0. The first-order valence-corrected chi connectivity index (χ1v) is 10.4. The second-order valence-corrected chi connectivity index (χ2v) is 7.95. The third kappa shape index (κ3) is 2.94. The topological polar surface area (TPSA) is 46.9 Å².